The molecule has 1 atom stereocenters. The highest BCUT2D eigenvalue weighted by molar-refractivity contribution is 5.96. The molecule has 5 nitrogen and oxygen atoms in total. The molecule has 0 radical (unpaired) electrons. The van der Waals surface area contributed by atoms with Crippen LogP contribution in [0.2, 0.25) is 0 Å². The lowest BCUT2D eigenvalue weighted by Crippen LogP contribution is -2.47. The predicted molar refractivity (Wildman–Crippen MR) is 79.4 cm³/mol. The van der Waals surface area contributed by atoms with Gasteiger partial charge in [-0.05, 0) is 38.9 Å². The van der Waals surface area contributed by atoms with Crippen molar-refractivity contribution in [3.8, 4) is 0 Å². The SMILES string of the molecule is CNC(=O)NC(=O)C(C)N(C)Cc1ccc(C)cc1C. The average Bonchev–Trinajstić information content (AvgIpc) is 2.40. The highest BCUT2D eigenvalue weighted by Gasteiger charge is 2.20. The summed E-state index contributed by atoms with van der Waals surface area (Å²) in [5, 5.41) is 4.65. The van der Waals surface area contributed by atoms with E-state index in [2.05, 4.69) is 42.7 Å². The van der Waals surface area contributed by atoms with Gasteiger partial charge >= 0.3 is 6.03 Å². The van der Waals surface area contributed by atoms with Crippen molar-refractivity contribution in [1.29, 1.82) is 0 Å². The molecule has 0 aliphatic rings. The van der Waals surface area contributed by atoms with E-state index < -0.39 is 6.03 Å². The van der Waals surface area contributed by atoms with Crippen molar-refractivity contribution >= 4 is 11.9 Å². The van der Waals surface area contributed by atoms with E-state index in [-0.39, 0.29) is 11.9 Å². The fourth-order valence-corrected chi connectivity index (χ4v) is 1.91. The first-order valence-electron chi connectivity index (χ1n) is 6.64. The molecule has 5 heteroatoms. The van der Waals surface area contributed by atoms with Gasteiger partial charge in [0.15, 0.2) is 0 Å². The summed E-state index contributed by atoms with van der Waals surface area (Å²) < 4.78 is 0. The van der Waals surface area contributed by atoms with Crippen molar-refractivity contribution in [1.82, 2.24) is 15.5 Å². The lowest BCUT2D eigenvalue weighted by atomic mass is 10.0. The third-order valence-corrected chi connectivity index (χ3v) is 3.42. The van der Waals surface area contributed by atoms with Crippen LogP contribution in [0.4, 0.5) is 4.79 Å². The Balaban J connectivity index is 2.67. The number of aryl methyl sites for hydroxylation is 2. The Morgan fingerprint density at radius 3 is 2.50 bits per heavy atom. The highest BCUT2D eigenvalue weighted by Crippen LogP contribution is 2.13. The number of imide groups is 1. The van der Waals surface area contributed by atoms with Crippen molar-refractivity contribution in [2.24, 2.45) is 0 Å². The Morgan fingerprint density at radius 2 is 1.95 bits per heavy atom. The predicted octanol–water partition coefficient (Wildman–Crippen LogP) is 1.58. The Kier molecular flexibility index (Phi) is 5.70. The molecule has 1 rings (SSSR count). The average molecular weight is 277 g/mol. The summed E-state index contributed by atoms with van der Waals surface area (Å²) in [4.78, 5) is 24.9. The fourth-order valence-electron chi connectivity index (χ4n) is 1.91. The van der Waals surface area contributed by atoms with Crippen molar-refractivity contribution < 1.29 is 9.59 Å². The molecule has 0 spiro atoms. The maximum Gasteiger partial charge on any atom is 0.321 e. The molecule has 0 aliphatic carbocycles. The third kappa shape index (κ3) is 4.35. The van der Waals surface area contributed by atoms with Gasteiger partial charge in [0.2, 0.25) is 5.91 Å². The van der Waals surface area contributed by atoms with E-state index in [0.717, 1.165) is 0 Å². The van der Waals surface area contributed by atoms with Gasteiger partial charge in [-0.2, -0.15) is 0 Å². The molecule has 110 valence electrons. The van der Waals surface area contributed by atoms with Gasteiger partial charge in [-0.15, -0.1) is 0 Å². The minimum Gasteiger partial charge on any atom is -0.341 e. The summed E-state index contributed by atoms with van der Waals surface area (Å²) in [6, 6.07) is 5.39. The Morgan fingerprint density at radius 1 is 1.30 bits per heavy atom. The van der Waals surface area contributed by atoms with E-state index in [1.54, 1.807) is 6.92 Å². The second kappa shape index (κ2) is 7.05. The quantitative estimate of drug-likeness (QED) is 0.878. The molecule has 0 bridgehead atoms. The number of nitrogens with zero attached hydrogens (tertiary/aromatic N) is 1. The standard InChI is InChI=1S/C15H23N3O2/c1-10-6-7-13(11(2)8-10)9-18(5)12(3)14(19)17-15(20)16-4/h6-8,12H,9H2,1-5H3,(H2,16,17,19,20). The minimum absolute atomic E-state index is 0.309. The summed E-state index contributed by atoms with van der Waals surface area (Å²) in [6.45, 7) is 6.56. The number of rotatable bonds is 4. The summed E-state index contributed by atoms with van der Waals surface area (Å²) >= 11 is 0. The number of likely N-dealkylation sites (N-methyl/N-ethyl adjacent to an activating group) is 1. The molecule has 1 aromatic rings. The molecule has 1 unspecified atom stereocenters. The van der Waals surface area contributed by atoms with E-state index in [9.17, 15) is 9.59 Å². The number of amides is 3. The number of carbonyl (C=O) groups excluding carboxylic acids is 2. The zero-order valence-electron chi connectivity index (χ0n) is 12.8. The van der Waals surface area contributed by atoms with E-state index in [1.165, 1.54) is 23.7 Å². The minimum atomic E-state index is -0.484. The second-order valence-electron chi connectivity index (χ2n) is 5.09. The van der Waals surface area contributed by atoms with Crippen LogP contribution in [0, 0.1) is 13.8 Å². The first-order valence-corrected chi connectivity index (χ1v) is 6.64. The number of nitrogens with one attached hydrogen (secondary N) is 2. The molecule has 3 amide bonds. The van der Waals surface area contributed by atoms with Gasteiger partial charge < -0.3 is 5.32 Å². The zero-order chi connectivity index (χ0) is 15.3. The van der Waals surface area contributed by atoms with E-state index >= 15 is 0 Å². The van der Waals surface area contributed by atoms with Crippen molar-refractivity contribution in [3.63, 3.8) is 0 Å². The summed E-state index contributed by atoms with van der Waals surface area (Å²) in [5.41, 5.74) is 3.60. The first kappa shape index (κ1) is 16.2. The lowest BCUT2D eigenvalue weighted by molar-refractivity contribution is -0.124. The van der Waals surface area contributed by atoms with Gasteiger partial charge in [0.1, 0.15) is 0 Å². The van der Waals surface area contributed by atoms with Crippen molar-refractivity contribution in [2.45, 2.75) is 33.4 Å². The molecular weight excluding hydrogens is 254 g/mol. The largest absolute Gasteiger partial charge is 0.341 e. The molecule has 0 aromatic heterocycles. The maximum atomic E-state index is 11.9. The van der Waals surface area contributed by atoms with E-state index in [1.807, 2.05) is 11.9 Å². The maximum absolute atomic E-state index is 11.9. The Hall–Kier alpha value is -1.88. The molecule has 2 N–H and O–H groups in total. The topological polar surface area (TPSA) is 61.4 Å². The Labute approximate surface area is 120 Å². The normalized spacial score (nSPS) is 12.1. The summed E-state index contributed by atoms with van der Waals surface area (Å²) in [7, 11) is 3.35. The Bertz CT molecular complexity index is 500. The van der Waals surface area contributed by atoms with Gasteiger partial charge in [-0.1, -0.05) is 23.8 Å². The monoisotopic (exact) mass is 277 g/mol. The second-order valence-corrected chi connectivity index (χ2v) is 5.09. The van der Waals surface area contributed by atoms with Crippen LogP contribution in [0.15, 0.2) is 18.2 Å². The number of urea groups is 1. The number of benzene rings is 1. The molecular formula is C15H23N3O2. The van der Waals surface area contributed by atoms with Crippen LogP contribution in [0.1, 0.15) is 23.6 Å². The number of hydrogen-bond donors (Lipinski definition) is 2. The van der Waals surface area contributed by atoms with Crippen molar-refractivity contribution in [2.75, 3.05) is 14.1 Å². The molecule has 1 aromatic carbocycles. The fraction of sp³-hybridized carbons (Fsp3) is 0.467. The van der Waals surface area contributed by atoms with Gasteiger partial charge in [-0.25, -0.2) is 4.79 Å². The van der Waals surface area contributed by atoms with Crippen LogP contribution in [0.25, 0.3) is 0 Å². The van der Waals surface area contributed by atoms with E-state index in [0.29, 0.717) is 6.54 Å². The molecule has 20 heavy (non-hydrogen) atoms. The third-order valence-electron chi connectivity index (χ3n) is 3.42. The van der Waals surface area contributed by atoms with Crippen LogP contribution in [-0.4, -0.2) is 37.0 Å². The van der Waals surface area contributed by atoms with Gasteiger partial charge in [-0.3, -0.25) is 15.0 Å². The van der Waals surface area contributed by atoms with Crippen LogP contribution >= 0.6 is 0 Å². The zero-order valence-corrected chi connectivity index (χ0v) is 12.8. The lowest BCUT2D eigenvalue weighted by Gasteiger charge is -2.24. The van der Waals surface area contributed by atoms with Crippen LogP contribution in [0.5, 0.6) is 0 Å². The van der Waals surface area contributed by atoms with Crippen molar-refractivity contribution in [3.05, 3.63) is 34.9 Å². The number of hydrogen-bond acceptors (Lipinski definition) is 3. The first-order chi connectivity index (χ1) is 9.35. The van der Waals surface area contributed by atoms with Gasteiger partial charge in [0.05, 0.1) is 6.04 Å². The van der Waals surface area contributed by atoms with Crippen LogP contribution in [0.3, 0.4) is 0 Å². The van der Waals surface area contributed by atoms with Gasteiger partial charge in [0, 0.05) is 13.6 Å². The van der Waals surface area contributed by atoms with Gasteiger partial charge in [0.25, 0.3) is 0 Å². The summed E-state index contributed by atoms with van der Waals surface area (Å²) in [6.07, 6.45) is 0. The van der Waals surface area contributed by atoms with Crippen LogP contribution < -0.4 is 10.6 Å². The smallest absolute Gasteiger partial charge is 0.321 e. The summed E-state index contributed by atoms with van der Waals surface area (Å²) in [5.74, 6) is -0.309. The number of carbonyl (C=O) groups is 2. The molecule has 0 heterocycles. The molecule has 0 saturated carbocycles. The molecule has 0 saturated heterocycles. The van der Waals surface area contributed by atoms with Crippen LogP contribution in [-0.2, 0) is 11.3 Å². The molecule has 0 aliphatic heterocycles. The van der Waals surface area contributed by atoms with E-state index in [4.69, 9.17) is 0 Å². The highest BCUT2D eigenvalue weighted by atomic mass is 16.2. The molecule has 0 fully saturated rings.